The maximum Gasteiger partial charge on any atom is 0.250 e. The normalized spacial score (nSPS) is 26.8. The molecular formula is C14H15IN2O2. The number of fused-ring (bicyclic) bond motifs is 1. The van der Waals surface area contributed by atoms with Gasteiger partial charge in [0.25, 0.3) is 5.91 Å². The fourth-order valence-electron chi connectivity index (χ4n) is 2.96. The van der Waals surface area contributed by atoms with Gasteiger partial charge in [0.1, 0.15) is 12.1 Å². The van der Waals surface area contributed by atoms with E-state index in [0.29, 0.717) is 0 Å². The second-order valence-corrected chi connectivity index (χ2v) is 6.19. The molecule has 1 aromatic rings. The van der Waals surface area contributed by atoms with E-state index in [2.05, 4.69) is 22.6 Å². The first-order valence-electron chi connectivity index (χ1n) is 6.49. The van der Waals surface area contributed by atoms with Gasteiger partial charge in [0.2, 0.25) is 5.91 Å². The van der Waals surface area contributed by atoms with E-state index in [9.17, 15) is 9.59 Å². The standard InChI is InChI=1S/C14H15IN2O2/c1-9-13(18)16-8-4-7-12(16)14(19)17(9)11-6-3-2-5-10(11)15/h2-3,5-6,9,12H,4,7-8H2,1H3. The summed E-state index contributed by atoms with van der Waals surface area (Å²) in [6.45, 7) is 2.54. The number of anilines is 1. The average molecular weight is 370 g/mol. The third-order valence-electron chi connectivity index (χ3n) is 3.92. The molecule has 2 aliphatic rings. The first-order chi connectivity index (χ1) is 9.11. The summed E-state index contributed by atoms with van der Waals surface area (Å²) < 4.78 is 1.000. The minimum absolute atomic E-state index is 0.0636. The summed E-state index contributed by atoms with van der Waals surface area (Å²) in [6, 6.07) is 7.06. The van der Waals surface area contributed by atoms with Gasteiger partial charge in [-0.1, -0.05) is 12.1 Å². The lowest BCUT2D eigenvalue weighted by Crippen LogP contribution is -2.62. The molecule has 0 radical (unpaired) electrons. The summed E-state index contributed by atoms with van der Waals surface area (Å²) in [6.07, 6.45) is 1.71. The van der Waals surface area contributed by atoms with Gasteiger partial charge in [-0.05, 0) is 54.5 Å². The van der Waals surface area contributed by atoms with Crippen LogP contribution in [-0.2, 0) is 9.59 Å². The Morgan fingerprint density at radius 1 is 1.21 bits per heavy atom. The summed E-state index contributed by atoms with van der Waals surface area (Å²) in [4.78, 5) is 28.4. The highest BCUT2D eigenvalue weighted by Crippen LogP contribution is 2.32. The number of nitrogens with zero attached hydrogens (tertiary/aromatic N) is 2. The van der Waals surface area contributed by atoms with Crippen molar-refractivity contribution >= 4 is 40.1 Å². The van der Waals surface area contributed by atoms with Crippen LogP contribution in [0.15, 0.2) is 24.3 Å². The Kier molecular flexibility index (Phi) is 3.24. The van der Waals surface area contributed by atoms with Gasteiger partial charge >= 0.3 is 0 Å². The number of carbonyl (C=O) groups excluding carboxylic acids is 2. The molecule has 5 heteroatoms. The molecule has 0 aliphatic carbocycles. The second kappa shape index (κ2) is 4.77. The number of para-hydroxylation sites is 1. The summed E-state index contributed by atoms with van der Waals surface area (Å²) >= 11 is 2.21. The average Bonchev–Trinajstić information content (AvgIpc) is 2.88. The molecule has 2 saturated heterocycles. The number of rotatable bonds is 1. The van der Waals surface area contributed by atoms with Crippen molar-refractivity contribution in [1.82, 2.24) is 4.90 Å². The van der Waals surface area contributed by atoms with Crippen molar-refractivity contribution in [3.63, 3.8) is 0 Å². The van der Waals surface area contributed by atoms with E-state index in [1.165, 1.54) is 0 Å². The van der Waals surface area contributed by atoms with Crippen LogP contribution >= 0.6 is 22.6 Å². The number of piperazine rings is 1. The van der Waals surface area contributed by atoms with Crippen LogP contribution in [0.2, 0.25) is 0 Å². The number of carbonyl (C=O) groups is 2. The molecule has 2 fully saturated rings. The van der Waals surface area contributed by atoms with E-state index in [1.54, 1.807) is 9.80 Å². The van der Waals surface area contributed by atoms with Gasteiger partial charge in [-0.2, -0.15) is 0 Å². The predicted molar refractivity (Wildman–Crippen MR) is 80.8 cm³/mol. The molecule has 0 N–H and O–H groups in total. The number of hydrogen-bond acceptors (Lipinski definition) is 2. The molecule has 3 rings (SSSR count). The first-order valence-corrected chi connectivity index (χ1v) is 7.57. The predicted octanol–water partition coefficient (Wildman–Crippen LogP) is 2.02. The van der Waals surface area contributed by atoms with E-state index in [4.69, 9.17) is 0 Å². The van der Waals surface area contributed by atoms with Crippen molar-refractivity contribution in [3.05, 3.63) is 27.8 Å². The number of hydrogen-bond donors (Lipinski definition) is 0. The molecule has 2 unspecified atom stereocenters. The smallest absolute Gasteiger partial charge is 0.250 e. The molecule has 4 nitrogen and oxygen atoms in total. The van der Waals surface area contributed by atoms with Gasteiger partial charge in [0.05, 0.1) is 5.69 Å². The highest BCUT2D eigenvalue weighted by molar-refractivity contribution is 14.1. The van der Waals surface area contributed by atoms with Crippen LogP contribution in [0.1, 0.15) is 19.8 Å². The second-order valence-electron chi connectivity index (χ2n) is 5.03. The van der Waals surface area contributed by atoms with Gasteiger partial charge in [-0.15, -0.1) is 0 Å². The molecule has 2 amide bonds. The zero-order chi connectivity index (χ0) is 13.6. The number of halogens is 1. The Labute approximate surface area is 125 Å². The van der Waals surface area contributed by atoms with Crippen LogP contribution in [0.5, 0.6) is 0 Å². The van der Waals surface area contributed by atoms with E-state index in [1.807, 2.05) is 31.2 Å². The summed E-state index contributed by atoms with van der Waals surface area (Å²) in [5.74, 6) is 0.135. The zero-order valence-electron chi connectivity index (χ0n) is 10.7. The summed E-state index contributed by atoms with van der Waals surface area (Å²) in [5.41, 5.74) is 0.848. The molecule has 2 heterocycles. The van der Waals surface area contributed by atoms with Crippen molar-refractivity contribution in [1.29, 1.82) is 0 Å². The lowest BCUT2D eigenvalue weighted by Gasteiger charge is -2.41. The van der Waals surface area contributed by atoms with Crippen LogP contribution in [0.3, 0.4) is 0 Å². The van der Waals surface area contributed by atoms with Crippen LogP contribution in [0.25, 0.3) is 0 Å². The van der Waals surface area contributed by atoms with E-state index < -0.39 is 6.04 Å². The fraction of sp³-hybridized carbons (Fsp3) is 0.429. The minimum Gasteiger partial charge on any atom is -0.329 e. The Balaban J connectivity index is 2.03. The molecule has 2 atom stereocenters. The van der Waals surface area contributed by atoms with Crippen molar-refractivity contribution in [2.24, 2.45) is 0 Å². The van der Waals surface area contributed by atoms with Gasteiger partial charge in [-0.3, -0.25) is 14.5 Å². The molecule has 2 aliphatic heterocycles. The maximum absolute atomic E-state index is 12.6. The third kappa shape index (κ3) is 1.94. The van der Waals surface area contributed by atoms with E-state index >= 15 is 0 Å². The van der Waals surface area contributed by atoms with Crippen molar-refractivity contribution < 1.29 is 9.59 Å². The van der Waals surface area contributed by atoms with Gasteiger partial charge in [0, 0.05) is 10.1 Å². The summed E-state index contributed by atoms with van der Waals surface area (Å²) in [5, 5.41) is 0. The van der Waals surface area contributed by atoms with E-state index in [0.717, 1.165) is 28.6 Å². The SMILES string of the molecule is CC1C(=O)N2CCCC2C(=O)N1c1ccccc1I. The van der Waals surface area contributed by atoms with Crippen molar-refractivity contribution in [2.45, 2.75) is 31.8 Å². The Morgan fingerprint density at radius 3 is 2.68 bits per heavy atom. The molecule has 1 aromatic carbocycles. The van der Waals surface area contributed by atoms with Gasteiger partial charge in [0.15, 0.2) is 0 Å². The zero-order valence-corrected chi connectivity index (χ0v) is 12.8. The van der Waals surface area contributed by atoms with Crippen LogP contribution in [-0.4, -0.2) is 35.3 Å². The first kappa shape index (κ1) is 12.9. The Hall–Kier alpha value is -1.11. The van der Waals surface area contributed by atoms with Crippen molar-refractivity contribution in [2.75, 3.05) is 11.4 Å². The lowest BCUT2D eigenvalue weighted by molar-refractivity contribution is -0.143. The largest absolute Gasteiger partial charge is 0.329 e. The number of amides is 2. The van der Waals surface area contributed by atoms with Gasteiger partial charge < -0.3 is 4.90 Å². The third-order valence-corrected chi connectivity index (χ3v) is 4.83. The topological polar surface area (TPSA) is 40.6 Å². The Bertz CT molecular complexity index is 546. The maximum atomic E-state index is 12.6. The molecule has 100 valence electrons. The highest BCUT2D eigenvalue weighted by atomic mass is 127. The lowest BCUT2D eigenvalue weighted by atomic mass is 10.1. The quantitative estimate of drug-likeness (QED) is 0.710. The van der Waals surface area contributed by atoms with Crippen LogP contribution in [0, 0.1) is 3.57 Å². The highest BCUT2D eigenvalue weighted by Gasteiger charge is 2.46. The van der Waals surface area contributed by atoms with E-state index in [-0.39, 0.29) is 17.9 Å². The molecule has 0 bridgehead atoms. The molecule has 0 saturated carbocycles. The Morgan fingerprint density at radius 2 is 1.95 bits per heavy atom. The molecule has 0 aromatic heterocycles. The monoisotopic (exact) mass is 370 g/mol. The molecule has 0 spiro atoms. The summed E-state index contributed by atoms with van der Waals surface area (Å²) in [7, 11) is 0. The minimum atomic E-state index is -0.405. The molecule has 19 heavy (non-hydrogen) atoms. The number of benzene rings is 1. The fourth-order valence-corrected chi connectivity index (χ4v) is 3.61. The molecular weight excluding hydrogens is 355 g/mol. The van der Waals surface area contributed by atoms with Crippen LogP contribution < -0.4 is 4.90 Å². The van der Waals surface area contributed by atoms with Crippen LogP contribution in [0.4, 0.5) is 5.69 Å². The van der Waals surface area contributed by atoms with Crippen molar-refractivity contribution in [3.8, 4) is 0 Å². The van der Waals surface area contributed by atoms with Gasteiger partial charge in [-0.25, -0.2) is 0 Å².